The van der Waals surface area contributed by atoms with Crippen LogP contribution in [0.5, 0.6) is 0 Å². The number of piperidine rings is 1. The number of aromatic nitrogens is 3. The Balaban J connectivity index is 1.79. The number of carbonyl (C=O) groups excluding carboxylic acids is 1. The second-order valence-electron chi connectivity index (χ2n) is 7.08. The van der Waals surface area contributed by atoms with Crippen molar-refractivity contribution in [3.05, 3.63) is 30.1 Å². The van der Waals surface area contributed by atoms with Gasteiger partial charge in [0, 0.05) is 44.6 Å². The minimum absolute atomic E-state index is 0.166. The first-order chi connectivity index (χ1) is 13.5. The van der Waals surface area contributed by atoms with Crippen molar-refractivity contribution < 1.29 is 9.90 Å². The van der Waals surface area contributed by atoms with E-state index in [9.17, 15) is 9.90 Å². The Morgan fingerprint density at radius 2 is 2.00 bits per heavy atom. The van der Waals surface area contributed by atoms with Crippen LogP contribution in [-0.4, -0.2) is 58.2 Å². The molecule has 1 saturated heterocycles. The Hall–Kier alpha value is -2.94. The van der Waals surface area contributed by atoms with E-state index in [0.29, 0.717) is 41.7 Å². The van der Waals surface area contributed by atoms with E-state index in [-0.39, 0.29) is 18.1 Å². The molecule has 2 aromatic rings. The van der Waals surface area contributed by atoms with Gasteiger partial charge in [-0.2, -0.15) is 4.98 Å². The molecule has 9 nitrogen and oxygen atoms in total. The van der Waals surface area contributed by atoms with Gasteiger partial charge in [0.15, 0.2) is 0 Å². The fourth-order valence-corrected chi connectivity index (χ4v) is 3.04. The highest BCUT2D eigenvalue weighted by Gasteiger charge is 2.19. The van der Waals surface area contributed by atoms with E-state index in [0.717, 1.165) is 13.1 Å². The molecular weight excluding hydrogens is 358 g/mol. The molecule has 1 amide bonds. The lowest BCUT2D eigenvalue weighted by atomic mass is 10.1. The maximum Gasteiger partial charge on any atom is 0.254 e. The number of aliphatic hydroxyl groups is 1. The standard InChI is InChI=1S/C19H27N7O2/c1-12(2)23-15-10-17(22-11-14(15)18(28)20-3)24-16-4-7-21-19(25-16)26-8-5-13(27)6-9-26/h4,7,10-13,27H,5-6,8-9H2,1-3H3,(H,20,28)(H2,21,22,23,24,25). The minimum atomic E-state index is -0.243. The maximum absolute atomic E-state index is 12.1. The summed E-state index contributed by atoms with van der Waals surface area (Å²) in [6.07, 6.45) is 4.43. The molecule has 0 saturated carbocycles. The zero-order chi connectivity index (χ0) is 20.1. The van der Waals surface area contributed by atoms with E-state index in [1.165, 1.54) is 0 Å². The number of nitrogens with one attached hydrogen (secondary N) is 3. The van der Waals surface area contributed by atoms with Crippen LogP contribution < -0.4 is 20.9 Å². The molecule has 3 rings (SSSR count). The monoisotopic (exact) mass is 385 g/mol. The summed E-state index contributed by atoms with van der Waals surface area (Å²) < 4.78 is 0. The van der Waals surface area contributed by atoms with Crippen molar-refractivity contribution in [2.24, 2.45) is 0 Å². The van der Waals surface area contributed by atoms with Crippen LogP contribution in [0.4, 0.5) is 23.3 Å². The molecule has 3 heterocycles. The smallest absolute Gasteiger partial charge is 0.254 e. The van der Waals surface area contributed by atoms with Crippen molar-refractivity contribution >= 4 is 29.2 Å². The van der Waals surface area contributed by atoms with E-state index < -0.39 is 0 Å². The molecule has 0 aliphatic carbocycles. The topological polar surface area (TPSA) is 115 Å². The summed E-state index contributed by atoms with van der Waals surface area (Å²) in [5, 5.41) is 18.8. The average molecular weight is 385 g/mol. The van der Waals surface area contributed by atoms with Gasteiger partial charge in [-0.05, 0) is 32.8 Å². The highest BCUT2D eigenvalue weighted by atomic mass is 16.3. The van der Waals surface area contributed by atoms with Gasteiger partial charge >= 0.3 is 0 Å². The maximum atomic E-state index is 12.1. The predicted molar refractivity (Wildman–Crippen MR) is 109 cm³/mol. The van der Waals surface area contributed by atoms with Gasteiger partial charge in [-0.25, -0.2) is 9.97 Å². The summed E-state index contributed by atoms with van der Waals surface area (Å²) >= 11 is 0. The van der Waals surface area contributed by atoms with Crippen LogP contribution in [-0.2, 0) is 0 Å². The number of carbonyl (C=O) groups is 1. The largest absolute Gasteiger partial charge is 0.393 e. The van der Waals surface area contributed by atoms with Crippen LogP contribution in [0.25, 0.3) is 0 Å². The number of hydrogen-bond donors (Lipinski definition) is 4. The summed E-state index contributed by atoms with van der Waals surface area (Å²) in [4.78, 5) is 27.4. The molecule has 9 heteroatoms. The summed E-state index contributed by atoms with van der Waals surface area (Å²) in [6.45, 7) is 5.47. The van der Waals surface area contributed by atoms with Gasteiger partial charge in [0.1, 0.15) is 11.6 Å². The van der Waals surface area contributed by atoms with Crippen LogP contribution in [0.2, 0.25) is 0 Å². The van der Waals surface area contributed by atoms with Crippen molar-refractivity contribution in [2.45, 2.75) is 38.8 Å². The van der Waals surface area contributed by atoms with Gasteiger partial charge < -0.3 is 26.0 Å². The van der Waals surface area contributed by atoms with E-state index in [4.69, 9.17) is 0 Å². The van der Waals surface area contributed by atoms with Crippen LogP contribution in [0.15, 0.2) is 24.5 Å². The zero-order valence-electron chi connectivity index (χ0n) is 16.4. The Labute approximate surface area is 164 Å². The number of pyridine rings is 1. The van der Waals surface area contributed by atoms with E-state index in [1.54, 1.807) is 31.6 Å². The zero-order valence-corrected chi connectivity index (χ0v) is 16.4. The normalized spacial score (nSPS) is 14.8. The van der Waals surface area contributed by atoms with Crippen LogP contribution in [0.3, 0.4) is 0 Å². The third-order valence-electron chi connectivity index (χ3n) is 4.47. The highest BCUT2D eigenvalue weighted by molar-refractivity contribution is 5.99. The van der Waals surface area contributed by atoms with Crippen molar-refractivity contribution in [2.75, 3.05) is 35.7 Å². The molecule has 1 aliphatic heterocycles. The van der Waals surface area contributed by atoms with E-state index >= 15 is 0 Å². The molecule has 1 fully saturated rings. The molecule has 0 atom stereocenters. The Morgan fingerprint density at radius 1 is 1.25 bits per heavy atom. The quantitative estimate of drug-likeness (QED) is 0.595. The Kier molecular flexibility index (Phi) is 6.25. The predicted octanol–water partition coefficient (Wildman–Crippen LogP) is 1.76. The van der Waals surface area contributed by atoms with Gasteiger partial charge in [0.25, 0.3) is 5.91 Å². The highest BCUT2D eigenvalue weighted by Crippen LogP contribution is 2.23. The molecule has 0 spiro atoms. The lowest BCUT2D eigenvalue weighted by Gasteiger charge is -2.29. The summed E-state index contributed by atoms with van der Waals surface area (Å²) in [6, 6.07) is 3.73. The minimum Gasteiger partial charge on any atom is -0.393 e. The molecule has 4 N–H and O–H groups in total. The number of hydrogen-bond acceptors (Lipinski definition) is 8. The molecule has 0 unspecified atom stereocenters. The van der Waals surface area contributed by atoms with E-state index in [2.05, 4.69) is 35.8 Å². The average Bonchev–Trinajstić information content (AvgIpc) is 2.68. The summed E-state index contributed by atoms with van der Waals surface area (Å²) in [7, 11) is 1.59. The molecule has 2 aromatic heterocycles. The van der Waals surface area contributed by atoms with E-state index in [1.807, 2.05) is 13.8 Å². The van der Waals surface area contributed by atoms with Gasteiger partial charge in [0.05, 0.1) is 17.4 Å². The second kappa shape index (κ2) is 8.83. The third-order valence-corrected chi connectivity index (χ3v) is 4.47. The molecule has 0 radical (unpaired) electrons. The number of amides is 1. The van der Waals surface area contributed by atoms with Gasteiger partial charge in [-0.1, -0.05) is 0 Å². The molecule has 1 aliphatic rings. The van der Waals surface area contributed by atoms with Crippen molar-refractivity contribution in [3.63, 3.8) is 0 Å². The third kappa shape index (κ3) is 4.86. The Morgan fingerprint density at radius 3 is 2.68 bits per heavy atom. The lowest BCUT2D eigenvalue weighted by Crippen LogP contribution is -2.36. The first-order valence-corrected chi connectivity index (χ1v) is 9.48. The SMILES string of the molecule is CNC(=O)c1cnc(Nc2ccnc(N3CCC(O)CC3)n2)cc1NC(C)C. The molecular formula is C19H27N7O2. The van der Waals surface area contributed by atoms with Crippen LogP contribution >= 0.6 is 0 Å². The lowest BCUT2D eigenvalue weighted by molar-refractivity contribution is 0.0963. The van der Waals surface area contributed by atoms with Gasteiger partial charge in [0.2, 0.25) is 5.95 Å². The second-order valence-corrected chi connectivity index (χ2v) is 7.08. The summed E-state index contributed by atoms with van der Waals surface area (Å²) in [5.41, 5.74) is 1.18. The van der Waals surface area contributed by atoms with Gasteiger partial charge in [-0.15, -0.1) is 0 Å². The number of aliphatic hydroxyl groups excluding tert-OH is 1. The summed E-state index contributed by atoms with van der Waals surface area (Å²) in [5.74, 6) is 1.62. The number of rotatable bonds is 6. The fourth-order valence-electron chi connectivity index (χ4n) is 3.04. The first-order valence-electron chi connectivity index (χ1n) is 9.48. The van der Waals surface area contributed by atoms with Crippen molar-refractivity contribution in [1.29, 1.82) is 0 Å². The van der Waals surface area contributed by atoms with Gasteiger partial charge in [-0.3, -0.25) is 4.79 Å². The fraction of sp³-hybridized carbons (Fsp3) is 0.474. The number of anilines is 4. The molecule has 0 bridgehead atoms. The molecule has 0 aromatic carbocycles. The van der Waals surface area contributed by atoms with Crippen molar-refractivity contribution in [1.82, 2.24) is 20.3 Å². The first kappa shape index (κ1) is 19.8. The van der Waals surface area contributed by atoms with Crippen LogP contribution in [0, 0.1) is 0 Å². The van der Waals surface area contributed by atoms with Crippen LogP contribution in [0.1, 0.15) is 37.0 Å². The van der Waals surface area contributed by atoms with Crippen molar-refractivity contribution in [3.8, 4) is 0 Å². The molecule has 150 valence electrons. The number of nitrogens with zero attached hydrogens (tertiary/aromatic N) is 4. The Bertz CT molecular complexity index is 820. The molecule has 28 heavy (non-hydrogen) atoms.